The lowest BCUT2D eigenvalue weighted by Crippen LogP contribution is -2.65. The number of aryl methyl sites for hydroxylation is 1. The summed E-state index contributed by atoms with van der Waals surface area (Å²) >= 11 is 1.19. The molecule has 43 heavy (non-hydrogen) atoms. The molecular weight excluding hydrogens is 580 g/mol. The van der Waals surface area contributed by atoms with Crippen molar-refractivity contribution in [2.24, 2.45) is 0 Å². The van der Waals surface area contributed by atoms with Crippen LogP contribution in [0.3, 0.4) is 0 Å². The number of hydrogen-bond donors (Lipinski definition) is 1. The van der Waals surface area contributed by atoms with Gasteiger partial charge in [-0.15, -0.1) is 10.2 Å². The molecule has 1 saturated carbocycles. The zero-order chi connectivity index (χ0) is 31.1. The van der Waals surface area contributed by atoms with Gasteiger partial charge in [-0.3, -0.25) is 23.7 Å². The third-order valence-electron chi connectivity index (χ3n) is 7.11. The predicted molar refractivity (Wildman–Crippen MR) is 153 cm³/mol. The predicted octanol–water partition coefficient (Wildman–Crippen LogP) is 3.03. The Kier molecular flexibility index (Phi) is 11.0. The molecule has 0 spiro atoms. The summed E-state index contributed by atoms with van der Waals surface area (Å²) in [6.45, 7) is 6.89. The third kappa shape index (κ3) is 8.69. The number of ether oxygens (including phenoxy) is 5. The first kappa shape index (κ1) is 32.3. The van der Waals surface area contributed by atoms with Crippen LogP contribution in [0, 0.1) is 6.92 Å². The van der Waals surface area contributed by atoms with Crippen molar-refractivity contribution in [1.29, 1.82) is 0 Å². The van der Waals surface area contributed by atoms with Gasteiger partial charge in [0.25, 0.3) is 0 Å². The molecule has 2 heterocycles. The highest BCUT2D eigenvalue weighted by molar-refractivity contribution is 7.99. The Bertz CT molecular complexity index is 1300. The molecule has 2 aromatic rings. The van der Waals surface area contributed by atoms with Crippen LogP contribution in [-0.2, 0) is 44.7 Å². The molecule has 1 saturated heterocycles. The monoisotopic (exact) mass is 618 g/mol. The van der Waals surface area contributed by atoms with Gasteiger partial charge in [-0.25, -0.2) is 0 Å². The number of nitrogens with zero attached hydrogens (tertiary/aromatic N) is 3. The molecule has 14 heteroatoms. The lowest BCUT2D eigenvalue weighted by molar-refractivity contribution is -0.211. The fourth-order valence-electron chi connectivity index (χ4n) is 5.29. The molecule has 0 bridgehead atoms. The molecule has 0 radical (unpaired) electrons. The Morgan fingerprint density at radius 1 is 0.953 bits per heavy atom. The molecule has 13 nitrogen and oxygen atoms in total. The SMILES string of the molecule is CC(=O)N[C@H]1[C@@H](OC(C)=O)[C@@H](OC(C)=O)[C@@H](COC(C)=O)O[C@H]1Sc1nnc(COc2ccc(C)cc2)n1C1CCCC1. The van der Waals surface area contributed by atoms with Gasteiger partial charge in [0.1, 0.15) is 36.5 Å². The fraction of sp³-hybridized carbons (Fsp3) is 0.586. The van der Waals surface area contributed by atoms with Crippen molar-refractivity contribution in [2.45, 2.75) is 108 Å². The van der Waals surface area contributed by atoms with E-state index >= 15 is 0 Å². The maximum Gasteiger partial charge on any atom is 0.303 e. The molecule has 2 aliphatic rings. The first-order valence-corrected chi connectivity index (χ1v) is 15.1. The summed E-state index contributed by atoms with van der Waals surface area (Å²) in [5, 5.41) is 12.2. The number of benzene rings is 1. The van der Waals surface area contributed by atoms with E-state index in [0.29, 0.717) is 16.7 Å². The van der Waals surface area contributed by atoms with Crippen molar-refractivity contribution in [3.05, 3.63) is 35.7 Å². The minimum atomic E-state index is -1.17. The van der Waals surface area contributed by atoms with Crippen molar-refractivity contribution in [3.63, 3.8) is 0 Å². The van der Waals surface area contributed by atoms with E-state index in [1.807, 2.05) is 35.8 Å². The van der Waals surface area contributed by atoms with E-state index < -0.39 is 53.6 Å². The molecule has 1 aliphatic carbocycles. The van der Waals surface area contributed by atoms with Crippen LogP contribution in [0.5, 0.6) is 5.75 Å². The van der Waals surface area contributed by atoms with Crippen LogP contribution in [-0.4, -0.2) is 75.0 Å². The summed E-state index contributed by atoms with van der Waals surface area (Å²) in [7, 11) is 0. The molecule has 1 N–H and O–H groups in total. The maximum absolute atomic E-state index is 12.3. The zero-order valence-electron chi connectivity index (χ0n) is 24.9. The maximum atomic E-state index is 12.3. The van der Waals surface area contributed by atoms with E-state index in [0.717, 1.165) is 31.2 Å². The number of carbonyl (C=O) groups excluding carboxylic acids is 4. The molecule has 1 aliphatic heterocycles. The van der Waals surface area contributed by atoms with Crippen LogP contribution in [0.25, 0.3) is 0 Å². The average Bonchev–Trinajstić information content (AvgIpc) is 3.59. The molecule has 0 unspecified atom stereocenters. The summed E-state index contributed by atoms with van der Waals surface area (Å²) in [5.74, 6) is -0.962. The Morgan fingerprint density at radius 2 is 1.60 bits per heavy atom. The van der Waals surface area contributed by atoms with Gasteiger partial charge in [0, 0.05) is 33.7 Å². The second-order valence-corrected chi connectivity index (χ2v) is 11.7. The average molecular weight is 619 g/mol. The van der Waals surface area contributed by atoms with Gasteiger partial charge in [-0.1, -0.05) is 42.3 Å². The molecule has 1 amide bonds. The Morgan fingerprint density at radius 3 is 2.21 bits per heavy atom. The van der Waals surface area contributed by atoms with Crippen LogP contribution < -0.4 is 10.1 Å². The number of hydrogen-bond acceptors (Lipinski definition) is 12. The standard InChI is InChI=1S/C29H38N4O9S/c1-16-10-12-22(13-11-16)39-15-24-31-32-29(33(24)21-8-6-7-9-21)43-28-25(30-17(2)34)27(41-20(5)37)26(40-19(4)36)23(42-28)14-38-18(3)35/h10-13,21,23,25-28H,6-9,14-15H2,1-5H3,(H,30,34)/t23-,25+,26+,27-,28+/m1/s1. The van der Waals surface area contributed by atoms with E-state index in [9.17, 15) is 19.2 Å². The normalized spacial score (nSPS) is 23.8. The third-order valence-corrected chi connectivity index (χ3v) is 8.23. The van der Waals surface area contributed by atoms with Crippen molar-refractivity contribution < 1.29 is 42.9 Å². The Labute approximate surface area is 254 Å². The smallest absolute Gasteiger partial charge is 0.303 e. The molecule has 234 valence electrons. The molecular formula is C29H38N4O9S. The number of rotatable bonds is 11. The van der Waals surface area contributed by atoms with Gasteiger partial charge in [0.2, 0.25) is 5.91 Å². The van der Waals surface area contributed by atoms with Crippen LogP contribution in [0.2, 0.25) is 0 Å². The number of carbonyl (C=O) groups is 4. The number of esters is 3. The highest BCUT2D eigenvalue weighted by Gasteiger charge is 2.51. The minimum Gasteiger partial charge on any atom is -0.486 e. The number of thioether (sulfide) groups is 1. The Hall–Kier alpha value is -3.65. The van der Waals surface area contributed by atoms with E-state index in [1.54, 1.807) is 0 Å². The first-order valence-electron chi connectivity index (χ1n) is 14.2. The zero-order valence-corrected chi connectivity index (χ0v) is 25.8. The van der Waals surface area contributed by atoms with Gasteiger partial charge in [-0.2, -0.15) is 0 Å². The van der Waals surface area contributed by atoms with Gasteiger partial charge in [-0.05, 0) is 31.9 Å². The van der Waals surface area contributed by atoms with E-state index in [4.69, 9.17) is 23.7 Å². The molecule has 4 rings (SSSR count). The fourth-order valence-corrected chi connectivity index (χ4v) is 6.52. The Balaban J connectivity index is 1.68. The van der Waals surface area contributed by atoms with Crippen molar-refractivity contribution >= 4 is 35.6 Å². The molecule has 1 aromatic carbocycles. The van der Waals surface area contributed by atoms with E-state index in [-0.39, 0.29) is 19.3 Å². The lowest BCUT2D eigenvalue weighted by atomic mass is 9.97. The van der Waals surface area contributed by atoms with E-state index in [1.165, 1.54) is 39.5 Å². The second kappa shape index (κ2) is 14.7. The van der Waals surface area contributed by atoms with Crippen LogP contribution in [0.1, 0.15) is 70.8 Å². The van der Waals surface area contributed by atoms with Gasteiger partial charge in [0.05, 0.1) is 0 Å². The highest BCUT2D eigenvalue weighted by atomic mass is 32.2. The van der Waals surface area contributed by atoms with Gasteiger partial charge < -0.3 is 29.0 Å². The molecule has 1 aromatic heterocycles. The molecule has 5 atom stereocenters. The molecule has 2 fully saturated rings. The summed E-state index contributed by atoms with van der Waals surface area (Å²) in [4.78, 5) is 48.3. The van der Waals surface area contributed by atoms with Crippen molar-refractivity contribution in [3.8, 4) is 5.75 Å². The number of amides is 1. The van der Waals surface area contributed by atoms with E-state index in [2.05, 4.69) is 15.5 Å². The topological polar surface area (TPSA) is 157 Å². The lowest BCUT2D eigenvalue weighted by Gasteiger charge is -2.44. The van der Waals surface area contributed by atoms with Crippen LogP contribution >= 0.6 is 11.8 Å². The quantitative estimate of drug-likeness (QED) is 0.290. The largest absolute Gasteiger partial charge is 0.486 e. The second-order valence-electron chi connectivity index (χ2n) is 10.6. The van der Waals surface area contributed by atoms with Gasteiger partial charge in [0.15, 0.2) is 23.2 Å². The van der Waals surface area contributed by atoms with Gasteiger partial charge >= 0.3 is 17.9 Å². The van der Waals surface area contributed by atoms with Crippen molar-refractivity contribution in [2.75, 3.05) is 6.61 Å². The number of nitrogens with one attached hydrogen (secondary N) is 1. The summed E-state index contributed by atoms with van der Waals surface area (Å²) in [6, 6.07) is 6.91. The van der Waals surface area contributed by atoms with Crippen LogP contribution in [0.15, 0.2) is 29.4 Å². The first-order chi connectivity index (χ1) is 20.5. The summed E-state index contributed by atoms with van der Waals surface area (Å²) < 4.78 is 30.8. The number of aromatic nitrogens is 3. The summed E-state index contributed by atoms with van der Waals surface area (Å²) in [5.41, 5.74) is 0.229. The van der Waals surface area contributed by atoms with Crippen LogP contribution in [0.4, 0.5) is 0 Å². The highest BCUT2D eigenvalue weighted by Crippen LogP contribution is 2.39. The summed E-state index contributed by atoms with van der Waals surface area (Å²) in [6.07, 6.45) is 0.662. The minimum absolute atomic E-state index is 0.131. The van der Waals surface area contributed by atoms with Crippen molar-refractivity contribution in [1.82, 2.24) is 20.1 Å².